The number of hydrogen-bond acceptors (Lipinski definition) is 3. The van der Waals surface area contributed by atoms with Gasteiger partial charge >= 0.3 is 0 Å². The molecular formula is C13H17F2NOS. The lowest BCUT2D eigenvalue weighted by molar-refractivity contribution is 0.116. The van der Waals surface area contributed by atoms with Crippen LogP contribution in [0.15, 0.2) is 29.2 Å². The summed E-state index contributed by atoms with van der Waals surface area (Å²) in [5.41, 5.74) is 0.689. The van der Waals surface area contributed by atoms with Crippen LogP contribution in [0.3, 0.4) is 0 Å². The van der Waals surface area contributed by atoms with Crippen LogP contribution >= 0.6 is 11.8 Å². The van der Waals surface area contributed by atoms with Crippen LogP contribution in [0.5, 0.6) is 0 Å². The topological polar surface area (TPSA) is 32.3 Å². The predicted octanol–water partition coefficient (Wildman–Crippen LogP) is 3.72. The summed E-state index contributed by atoms with van der Waals surface area (Å²) < 4.78 is 24.9. The smallest absolute Gasteiger partial charge is 0.288 e. The van der Waals surface area contributed by atoms with Gasteiger partial charge in [0.2, 0.25) is 0 Å². The molecule has 2 rings (SSSR count). The summed E-state index contributed by atoms with van der Waals surface area (Å²) >= 11 is 0.537. The largest absolute Gasteiger partial charge is 0.391 e. The van der Waals surface area contributed by atoms with Gasteiger partial charge in [-0.1, -0.05) is 36.7 Å². The van der Waals surface area contributed by atoms with E-state index in [0.717, 1.165) is 25.7 Å². The van der Waals surface area contributed by atoms with Crippen molar-refractivity contribution in [3.63, 3.8) is 0 Å². The second-order valence-electron chi connectivity index (χ2n) is 4.48. The lowest BCUT2D eigenvalue weighted by Crippen LogP contribution is -2.36. The van der Waals surface area contributed by atoms with Crippen LogP contribution in [-0.4, -0.2) is 23.0 Å². The van der Waals surface area contributed by atoms with Crippen LogP contribution < -0.4 is 5.32 Å². The van der Waals surface area contributed by atoms with Gasteiger partial charge in [-0.15, -0.1) is 0 Å². The van der Waals surface area contributed by atoms with Gasteiger partial charge in [-0.2, -0.15) is 8.78 Å². The fraction of sp³-hybridized carbons (Fsp3) is 0.538. The van der Waals surface area contributed by atoms with E-state index in [4.69, 9.17) is 0 Å². The molecule has 18 heavy (non-hydrogen) atoms. The zero-order valence-corrected chi connectivity index (χ0v) is 10.8. The van der Waals surface area contributed by atoms with Crippen molar-refractivity contribution in [3.8, 4) is 0 Å². The van der Waals surface area contributed by atoms with Crippen molar-refractivity contribution in [2.24, 2.45) is 0 Å². The van der Waals surface area contributed by atoms with Crippen molar-refractivity contribution in [2.75, 3.05) is 5.32 Å². The first-order chi connectivity index (χ1) is 8.66. The number of nitrogens with one attached hydrogen (secondary N) is 1. The van der Waals surface area contributed by atoms with Gasteiger partial charge in [0.1, 0.15) is 0 Å². The van der Waals surface area contributed by atoms with E-state index in [1.807, 2.05) is 6.07 Å². The summed E-state index contributed by atoms with van der Waals surface area (Å²) in [6.07, 6.45) is 3.38. The number of rotatable bonds is 4. The van der Waals surface area contributed by atoms with Gasteiger partial charge in [-0.05, 0) is 25.0 Å². The van der Waals surface area contributed by atoms with Crippen molar-refractivity contribution < 1.29 is 13.9 Å². The lowest BCUT2D eigenvalue weighted by atomic mass is 9.92. The summed E-state index contributed by atoms with van der Waals surface area (Å²) in [4.78, 5) is 0.533. The monoisotopic (exact) mass is 273 g/mol. The molecule has 1 aliphatic carbocycles. The van der Waals surface area contributed by atoms with Gasteiger partial charge in [0.25, 0.3) is 5.76 Å². The van der Waals surface area contributed by atoms with Gasteiger partial charge < -0.3 is 10.4 Å². The number of alkyl halides is 2. The molecule has 100 valence electrons. The molecule has 0 radical (unpaired) electrons. The van der Waals surface area contributed by atoms with E-state index in [1.165, 1.54) is 0 Å². The third-order valence-electron chi connectivity index (χ3n) is 3.17. The molecule has 1 saturated carbocycles. The van der Waals surface area contributed by atoms with Crippen molar-refractivity contribution in [1.82, 2.24) is 0 Å². The molecule has 0 saturated heterocycles. The molecule has 2 atom stereocenters. The van der Waals surface area contributed by atoms with Gasteiger partial charge in [-0.25, -0.2) is 0 Å². The number of hydrogen-bond donors (Lipinski definition) is 2. The molecule has 0 spiro atoms. The van der Waals surface area contributed by atoms with Gasteiger partial charge in [-0.3, -0.25) is 0 Å². The molecule has 0 heterocycles. The summed E-state index contributed by atoms with van der Waals surface area (Å²) in [6, 6.07) is 6.99. The van der Waals surface area contributed by atoms with Crippen molar-refractivity contribution >= 4 is 17.4 Å². The van der Waals surface area contributed by atoms with Crippen LogP contribution in [0.25, 0.3) is 0 Å². The fourth-order valence-corrected chi connectivity index (χ4v) is 2.87. The Labute approximate surface area is 110 Å². The molecule has 1 aromatic rings. The first-order valence-electron chi connectivity index (χ1n) is 6.15. The Morgan fingerprint density at radius 2 is 1.94 bits per heavy atom. The summed E-state index contributed by atoms with van der Waals surface area (Å²) in [6.45, 7) is 0. The Morgan fingerprint density at radius 1 is 1.22 bits per heavy atom. The molecule has 0 bridgehead atoms. The highest BCUT2D eigenvalue weighted by molar-refractivity contribution is 7.99. The number of halogens is 2. The van der Waals surface area contributed by atoms with E-state index in [0.29, 0.717) is 22.3 Å². The van der Waals surface area contributed by atoms with Crippen LogP contribution in [0.1, 0.15) is 25.7 Å². The molecular weight excluding hydrogens is 256 g/mol. The average molecular weight is 273 g/mol. The molecule has 0 aliphatic heterocycles. The summed E-state index contributed by atoms with van der Waals surface area (Å²) in [5.74, 6) is -2.43. The van der Waals surface area contributed by atoms with E-state index in [1.54, 1.807) is 18.2 Å². The number of benzene rings is 1. The van der Waals surface area contributed by atoms with E-state index >= 15 is 0 Å². The second kappa shape index (κ2) is 6.38. The minimum absolute atomic E-state index is 0.0295. The first-order valence-corrected chi connectivity index (χ1v) is 7.03. The van der Waals surface area contributed by atoms with Crippen molar-refractivity contribution in [2.45, 2.75) is 48.5 Å². The van der Waals surface area contributed by atoms with Crippen molar-refractivity contribution in [3.05, 3.63) is 24.3 Å². The molecule has 0 aromatic heterocycles. The number of aliphatic hydroxyl groups excluding tert-OH is 1. The highest BCUT2D eigenvalue weighted by atomic mass is 32.2. The zero-order chi connectivity index (χ0) is 13.0. The minimum atomic E-state index is -2.43. The second-order valence-corrected chi connectivity index (χ2v) is 5.51. The predicted molar refractivity (Wildman–Crippen MR) is 70.2 cm³/mol. The maximum atomic E-state index is 12.4. The van der Waals surface area contributed by atoms with E-state index in [-0.39, 0.29) is 12.1 Å². The minimum Gasteiger partial charge on any atom is -0.391 e. The van der Waals surface area contributed by atoms with Crippen LogP contribution in [0.2, 0.25) is 0 Å². The number of para-hydroxylation sites is 1. The molecule has 0 amide bonds. The summed E-state index contributed by atoms with van der Waals surface area (Å²) in [5, 5.41) is 13.1. The molecule has 1 aromatic carbocycles. The van der Waals surface area contributed by atoms with Gasteiger partial charge in [0.15, 0.2) is 0 Å². The highest BCUT2D eigenvalue weighted by Crippen LogP contribution is 2.33. The highest BCUT2D eigenvalue weighted by Gasteiger charge is 2.23. The molecule has 1 fully saturated rings. The Balaban J connectivity index is 2.07. The Kier molecular flexibility index (Phi) is 4.83. The van der Waals surface area contributed by atoms with Crippen LogP contribution in [-0.2, 0) is 0 Å². The quantitative estimate of drug-likeness (QED) is 0.820. The third kappa shape index (κ3) is 3.59. The molecule has 2 N–H and O–H groups in total. The Hall–Kier alpha value is -0.810. The SMILES string of the molecule is O[C@H]1CCCC[C@@H]1Nc1ccccc1SC(F)F. The molecule has 5 heteroatoms. The van der Waals surface area contributed by atoms with E-state index < -0.39 is 5.76 Å². The maximum Gasteiger partial charge on any atom is 0.288 e. The fourth-order valence-electron chi connectivity index (χ4n) is 2.26. The summed E-state index contributed by atoms with van der Waals surface area (Å²) in [7, 11) is 0. The Bertz CT molecular complexity index is 389. The number of aliphatic hydroxyl groups is 1. The lowest BCUT2D eigenvalue weighted by Gasteiger charge is -2.29. The van der Waals surface area contributed by atoms with Crippen LogP contribution in [0.4, 0.5) is 14.5 Å². The normalized spacial score (nSPS) is 24.2. The van der Waals surface area contributed by atoms with Gasteiger partial charge in [0, 0.05) is 10.6 Å². The molecule has 2 nitrogen and oxygen atoms in total. The zero-order valence-electron chi connectivity index (χ0n) is 9.98. The van der Waals surface area contributed by atoms with E-state index in [2.05, 4.69) is 5.32 Å². The molecule has 0 unspecified atom stereocenters. The third-order valence-corrected chi connectivity index (χ3v) is 3.96. The first kappa shape index (κ1) is 13.6. The number of anilines is 1. The van der Waals surface area contributed by atoms with Crippen LogP contribution in [0, 0.1) is 0 Å². The Morgan fingerprint density at radius 3 is 2.67 bits per heavy atom. The standard InChI is InChI=1S/C13H17F2NOS/c14-13(15)18-12-8-4-2-6-10(12)16-9-5-1-3-7-11(9)17/h2,4,6,8-9,11,13,16-17H,1,3,5,7H2/t9-,11-/m0/s1. The van der Waals surface area contributed by atoms with Crippen molar-refractivity contribution in [1.29, 1.82) is 0 Å². The number of thioether (sulfide) groups is 1. The maximum absolute atomic E-state index is 12.4. The van der Waals surface area contributed by atoms with Gasteiger partial charge in [0.05, 0.1) is 12.1 Å². The van der Waals surface area contributed by atoms with E-state index in [9.17, 15) is 13.9 Å². The molecule has 1 aliphatic rings. The average Bonchev–Trinajstić information content (AvgIpc) is 2.34.